The first-order valence-corrected chi connectivity index (χ1v) is 6.29. The van der Waals surface area contributed by atoms with Gasteiger partial charge in [0.15, 0.2) is 0 Å². The van der Waals surface area contributed by atoms with Crippen LogP contribution in [0.1, 0.15) is 12.5 Å². The maximum Gasteiger partial charge on any atom is 0.130 e. The molecule has 13 heavy (non-hydrogen) atoms. The van der Waals surface area contributed by atoms with Crippen molar-refractivity contribution in [2.45, 2.75) is 12.7 Å². The molecular formula is C10H11NS2. The molecule has 1 aliphatic heterocycles. The Kier molecular flexibility index (Phi) is 2.96. The molecule has 0 N–H and O–H groups in total. The van der Waals surface area contributed by atoms with E-state index in [-0.39, 0.29) is 0 Å². The molecule has 1 aromatic rings. The highest BCUT2D eigenvalue weighted by atomic mass is 32.2. The van der Waals surface area contributed by atoms with Crippen LogP contribution >= 0.6 is 23.5 Å². The number of hydrogen-bond acceptors (Lipinski definition) is 3. The largest absolute Gasteiger partial charge is 0.235 e. The summed E-state index contributed by atoms with van der Waals surface area (Å²) >= 11 is 3.67. The van der Waals surface area contributed by atoms with Gasteiger partial charge in [-0.25, -0.2) is 4.99 Å². The third-order valence-electron chi connectivity index (χ3n) is 1.82. The second-order valence-corrected chi connectivity index (χ2v) is 5.20. The van der Waals surface area contributed by atoms with Crippen LogP contribution in [-0.4, -0.2) is 10.1 Å². The van der Waals surface area contributed by atoms with Crippen molar-refractivity contribution in [2.75, 3.05) is 5.75 Å². The third kappa shape index (κ3) is 2.09. The number of benzene rings is 1. The molecule has 0 bridgehead atoms. The Morgan fingerprint density at radius 2 is 2.31 bits per heavy atom. The van der Waals surface area contributed by atoms with E-state index in [4.69, 9.17) is 0 Å². The molecule has 1 aromatic carbocycles. The SMILES string of the molecule is CCSC1=Nc2ccccc2CS1. The zero-order valence-electron chi connectivity index (χ0n) is 7.49. The van der Waals surface area contributed by atoms with Gasteiger partial charge in [-0.05, 0) is 17.4 Å². The Balaban J connectivity index is 2.28. The van der Waals surface area contributed by atoms with Gasteiger partial charge in [0.2, 0.25) is 0 Å². The minimum Gasteiger partial charge on any atom is -0.235 e. The Bertz CT molecular complexity index is 333. The van der Waals surface area contributed by atoms with Gasteiger partial charge in [-0.2, -0.15) is 0 Å². The normalized spacial score (nSPS) is 15.0. The van der Waals surface area contributed by atoms with E-state index >= 15 is 0 Å². The van der Waals surface area contributed by atoms with Crippen molar-refractivity contribution in [3.63, 3.8) is 0 Å². The molecule has 0 fully saturated rings. The Morgan fingerprint density at radius 3 is 3.15 bits per heavy atom. The van der Waals surface area contributed by atoms with Gasteiger partial charge in [0.05, 0.1) is 5.69 Å². The predicted octanol–water partition coefficient (Wildman–Crippen LogP) is 3.67. The first-order valence-electron chi connectivity index (χ1n) is 4.32. The molecule has 0 radical (unpaired) electrons. The lowest BCUT2D eigenvalue weighted by Gasteiger charge is -2.13. The Morgan fingerprint density at radius 1 is 1.46 bits per heavy atom. The van der Waals surface area contributed by atoms with Crippen molar-refractivity contribution in [3.8, 4) is 0 Å². The number of hydrogen-bond donors (Lipinski definition) is 0. The third-order valence-corrected chi connectivity index (χ3v) is 3.95. The Hall–Kier alpha value is -0.410. The fourth-order valence-corrected chi connectivity index (χ4v) is 3.17. The zero-order valence-corrected chi connectivity index (χ0v) is 9.12. The molecule has 0 spiro atoms. The van der Waals surface area contributed by atoms with Crippen LogP contribution in [0.25, 0.3) is 0 Å². The summed E-state index contributed by atoms with van der Waals surface area (Å²) in [4.78, 5) is 4.58. The molecule has 0 saturated heterocycles. The average molecular weight is 209 g/mol. The van der Waals surface area contributed by atoms with Gasteiger partial charge in [0, 0.05) is 5.75 Å². The summed E-state index contributed by atoms with van der Waals surface area (Å²) in [5.41, 5.74) is 2.50. The highest BCUT2D eigenvalue weighted by Crippen LogP contribution is 2.34. The molecule has 1 aliphatic rings. The second kappa shape index (κ2) is 4.20. The molecule has 0 aromatic heterocycles. The van der Waals surface area contributed by atoms with Gasteiger partial charge in [0.25, 0.3) is 0 Å². The molecule has 0 saturated carbocycles. The average Bonchev–Trinajstić information content (AvgIpc) is 2.18. The van der Waals surface area contributed by atoms with Gasteiger partial charge in [-0.1, -0.05) is 48.6 Å². The summed E-state index contributed by atoms with van der Waals surface area (Å²) < 4.78 is 1.21. The van der Waals surface area contributed by atoms with Crippen molar-refractivity contribution < 1.29 is 0 Å². The lowest BCUT2D eigenvalue weighted by molar-refractivity contribution is 1.36. The molecular weight excluding hydrogens is 198 g/mol. The second-order valence-electron chi connectivity index (χ2n) is 2.73. The smallest absolute Gasteiger partial charge is 0.130 e. The highest BCUT2D eigenvalue weighted by Gasteiger charge is 2.10. The monoisotopic (exact) mass is 209 g/mol. The summed E-state index contributed by atoms with van der Waals surface area (Å²) in [5.74, 6) is 2.18. The van der Waals surface area contributed by atoms with E-state index < -0.39 is 0 Å². The quantitative estimate of drug-likeness (QED) is 0.699. The van der Waals surface area contributed by atoms with E-state index in [1.807, 2.05) is 29.6 Å². The lowest BCUT2D eigenvalue weighted by atomic mass is 10.2. The number of para-hydroxylation sites is 1. The molecule has 2 rings (SSSR count). The maximum atomic E-state index is 4.58. The number of aliphatic imine (C=N–C) groups is 1. The maximum absolute atomic E-state index is 4.58. The van der Waals surface area contributed by atoms with Gasteiger partial charge < -0.3 is 0 Å². The van der Waals surface area contributed by atoms with Crippen LogP contribution in [0.4, 0.5) is 5.69 Å². The Labute approximate surface area is 87.0 Å². The standard InChI is InChI=1S/C10H11NS2/c1-2-12-10-11-9-6-4-3-5-8(9)7-13-10/h3-6H,2,7H2,1H3. The molecule has 68 valence electrons. The minimum absolute atomic E-state index is 1.07. The number of thioether (sulfide) groups is 2. The van der Waals surface area contributed by atoms with Crippen LogP contribution in [0.5, 0.6) is 0 Å². The molecule has 0 atom stereocenters. The van der Waals surface area contributed by atoms with Gasteiger partial charge in [-0.3, -0.25) is 0 Å². The first kappa shape index (κ1) is 9.16. The summed E-state index contributed by atoms with van der Waals surface area (Å²) in [6, 6.07) is 8.37. The van der Waals surface area contributed by atoms with Gasteiger partial charge in [-0.15, -0.1) is 0 Å². The molecule has 1 nitrogen and oxygen atoms in total. The van der Waals surface area contributed by atoms with Crippen LogP contribution in [0.15, 0.2) is 29.3 Å². The van der Waals surface area contributed by atoms with Crippen LogP contribution < -0.4 is 0 Å². The van der Waals surface area contributed by atoms with E-state index in [1.165, 1.54) is 9.94 Å². The van der Waals surface area contributed by atoms with Crippen molar-refractivity contribution in [3.05, 3.63) is 29.8 Å². The van der Waals surface area contributed by atoms with Crippen LogP contribution in [0.3, 0.4) is 0 Å². The summed E-state index contributed by atoms with van der Waals surface area (Å²) in [5, 5.41) is 0. The van der Waals surface area contributed by atoms with E-state index in [2.05, 4.69) is 30.1 Å². The molecule has 0 unspecified atom stereocenters. The van der Waals surface area contributed by atoms with Gasteiger partial charge in [0.1, 0.15) is 4.38 Å². The number of nitrogens with zero attached hydrogens (tertiary/aromatic N) is 1. The van der Waals surface area contributed by atoms with E-state index in [0.717, 1.165) is 17.2 Å². The van der Waals surface area contributed by atoms with Crippen LogP contribution in [0, 0.1) is 0 Å². The number of fused-ring (bicyclic) bond motifs is 1. The fourth-order valence-electron chi connectivity index (χ4n) is 1.21. The highest BCUT2D eigenvalue weighted by molar-refractivity contribution is 8.38. The van der Waals surface area contributed by atoms with Crippen LogP contribution in [-0.2, 0) is 5.75 Å². The summed E-state index contributed by atoms with van der Waals surface area (Å²) in [7, 11) is 0. The summed E-state index contributed by atoms with van der Waals surface area (Å²) in [6.45, 7) is 2.16. The minimum atomic E-state index is 1.07. The molecule has 0 aliphatic carbocycles. The zero-order chi connectivity index (χ0) is 9.10. The lowest BCUT2D eigenvalue weighted by Crippen LogP contribution is -1.95. The van der Waals surface area contributed by atoms with Crippen molar-refractivity contribution in [1.82, 2.24) is 0 Å². The van der Waals surface area contributed by atoms with E-state index in [1.54, 1.807) is 0 Å². The predicted molar refractivity (Wildman–Crippen MR) is 63.0 cm³/mol. The summed E-state index contributed by atoms with van der Waals surface area (Å²) in [6.07, 6.45) is 0. The van der Waals surface area contributed by atoms with E-state index in [0.29, 0.717) is 0 Å². The van der Waals surface area contributed by atoms with Gasteiger partial charge >= 0.3 is 0 Å². The fraction of sp³-hybridized carbons (Fsp3) is 0.300. The first-order chi connectivity index (χ1) is 6.40. The number of rotatable bonds is 1. The van der Waals surface area contributed by atoms with Crippen molar-refractivity contribution >= 4 is 33.6 Å². The van der Waals surface area contributed by atoms with E-state index in [9.17, 15) is 0 Å². The molecule has 3 heteroatoms. The van der Waals surface area contributed by atoms with Crippen LogP contribution in [0.2, 0.25) is 0 Å². The molecule has 0 amide bonds. The van der Waals surface area contributed by atoms with Crippen molar-refractivity contribution in [1.29, 1.82) is 0 Å². The van der Waals surface area contributed by atoms with Crippen molar-refractivity contribution in [2.24, 2.45) is 4.99 Å². The molecule has 1 heterocycles. The topological polar surface area (TPSA) is 12.4 Å².